The molecule has 2 heterocycles. The van der Waals surface area contributed by atoms with E-state index in [0.717, 1.165) is 37.2 Å². The van der Waals surface area contributed by atoms with Crippen molar-refractivity contribution >= 4 is 5.78 Å². The number of benzene rings is 1. The lowest BCUT2D eigenvalue weighted by Crippen LogP contribution is -2.55. The van der Waals surface area contributed by atoms with E-state index in [2.05, 4.69) is 11.9 Å². The number of morpholine rings is 1. The van der Waals surface area contributed by atoms with Gasteiger partial charge in [0.15, 0.2) is 5.78 Å². The average Bonchev–Trinajstić information content (AvgIpc) is 2.37. The number of piperidine rings is 1. The van der Waals surface area contributed by atoms with Crippen LogP contribution in [-0.2, 0) is 4.74 Å². The summed E-state index contributed by atoms with van der Waals surface area (Å²) in [4.78, 5) is 15.0. The maximum absolute atomic E-state index is 12.6. The Bertz CT molecular complexity index is 471. The number of aryl methyl sites for hydroxylation is 1. The quantitative estimate of drug-likeness (QED) is 0.763. The molecular weight excluding hydrogens is 238 g/mol. The van der Waals surface area contributed by atoms with Crippen LogP contribution in [0.3, 0.4) is 0 Å². The molecule has 3 rings (SSSR count). The lowest BCUT2D eigenvalue weighted by Gasteiger charge is -2.46. The van der Waals surface area contributed by atoms with Crippen LogP contribution >= 0.6 is 0 Å². The highest BCUT2D eigenvalue weighted by Crippen LogP contribution is 2.32. The largest absolute Gasteiger partial charge is 0.378 e. The van der Waals surface area contributed by atoms with Crippen molar-refractivity contribution in [2.24, 2.45) is 5.92 Å². The Labute approximate surface area is 114 Å². The van der Waals surface area contributed by atoms with Crippen LogP contribution in [0.4, 0.5) is 0 Å². The number of hydrogen-bond acceptors (Lipinski definition) is 3. The van der Waals surface area contributed by atoms with Crippen molar-refractivity contribution in [1.82, 2.24) is 4.90 Å². The fraction of sp³-hybridized carbons (Fsp3) is 0.562. The molecule has 1 aromatic carbocycles. The Hall–Kier alpha value is -1.19. The summed E-state index contributed by atoms with van der Waals surface area (Å²) in [7, 11) is 2.16. The molecule has 102 valence electrons. The molecule has 1 aromatic rings. The third-order valence-electron chi connectivity index (χ3n) is 4.56. The summed E-state index contributed by atoms with van der Waals surface area (Å²) in [5, 5.41) is 0. The number of rotatable bonds is 2. The minimum atomic E-state index is 0.164. The van der Waals surface area contributed by atoms with E-state index in [9.17, 15) is 4.79 Å². The Morgan fingerprint density at radius 1 is 1.26 bits per heavy atom. The molecule has 2 saturated heterocycles. The summed E-state index contributed by atoms with van der Waals surface area (Å²) < 4.78 is 5.61. The maximum Gasteiger partial charge on any atom is 0.166 e. The van der Waals surface area contributed by atoms with Crippen molar-refractivity contribution in [2.45, 2.75) is 31.8 Å². The number of nitrogens with zero attached hydrogens (tertiary/aromatic N) is 1. The van der Waals surface area contributed by atoms with Gasteiger partial charge in [0.05, 0.1) is 13.2 Å². The zero-order valence-electron chi connectivity index (χ0n) is 11.6. The van der Waals surface area contributed by atoms with Gasteiger partial charge in [-0.05, 0) is 32.9 Å². The fourth-order valence-electron chi connectivity index (χ4n) is 3.34. The molecule has 0 radical (unpaired) electrons. The molecule has 0 amide bonds. The van der Waals surface area contributed by atoms with Crippen LogP contribution in [0.5, 0.6) is 0 Å². The monoisotopic (exact) mass is 259 g/mol. The molecule has 3 heteroatoms. The molecule has 2 aliphatic rings. The van der Waals surface area contributed by atoms with Crippen molar-refractivity contribution < 1.29 is 9.53 Å². The van der Waals surface area contributed by atoms with Gasteiger partial charge in [-0.15, -0.1) is 0 Å². The summed E-state index contributed by atoms with van der Waals surface area (Å²) in [6, 6.07) is 8.78. The van der Waals surface area contributed by atoms with E-state index in [1.54, 1.807) is 0 Å². The van der Waals surface area contributed by atoms with Crippen molar-refractivity contribution in [3.8, 4) is 0 Å². The first-order valence-electron chi connectivity index (χ1n) is 7.05. The number of likely N-dealkylation sites (N-methyl/N-ethyl adjacent to an activating group) is 1. The lowest BCUT2D eigenvalue weighted by atomic mass is 9.81. The van der Waals surface area contributed by atoms with Gasteiger partial charge in [-0.1, -0.05) is 23.8 Å². The van der Waals surface area contributed by atoms with Crippen LogP contribution in [0.1, 0.15) is 28.8 Å². The smallest absolute Gasteiger partial charge is 0.166 e. The van der Waals surface area contributed by atoms with Gasteiger partial charge in [-0.25, -0.2) is 0 Å². The molecule has 0 aromatic heterocycles. The van der Waals surface area contributed by atoms with E-state index in [4.69, 9.17) is 4.74 Å². The highest BCUT2D eigenvalue weighted by atomic mass is 16.5. The first-order valence-corrected chi connectivity index (χ1v) is 7.05. The van der Waals surface area contributed by atoms with E-state index in [1.165, 1.54) is 0 Å². The molecular formula is C16H21NO2. The van der Waals surface area contributed by atoms with Crippen LogP contribution in [0.15, 0.2) is 24.3 Å². The average molecular weight is 259 g/mol. The van der Waals surface area contributed by atoms with Crippen LogP contribution in [0.2, 0.25) is 0 Å². The van der Waals surface area contributed by atoms with Gasteiger partial charge >= 0.3 is 0 Å². The molecule has 2 aliphatic heterocycles. The third-order valence-corrected chi connectivity index (χ3v) is 4.56. The van der Waals surface area contributed by atoms with E-state index in [1.807, 2.05) is 31.2 Å². The number of carbonyl (C=O) groups excluding carboxylic acids is 1. The number of Topliss-reactive ketones (excluding diaryl/α,β-unsaturated/α-hetero) is 1. The van der Waals surface area contributed by atoms with Crippen LogP contribution in [0, 0.1) is 12.8 Å². The van der Waals surface area contributed by atoms with Crippen molar-refractivity contribution in [1.29, 1.82) is 0 Å². The highest BCUT2D eigenvalue weighted by molar-refractivity contribution is 5.98. The van der Waals surface area contributed by atoms with Gasteiger partial charge < -0.3 is 4.74 Å². The third kappa shape index (κ3) is 2.45. The summed E-state index contributed by atoms with van der Waals surface area (Å²) >= 11 is 0. The Morgan fingerprint density at radius 2 is 1.95 bits per heavy atom. The number of fused-ring (bicyclic) bond motifs is 2. The van der Waals surface area contributed by atoms with Gasteiger partial charge in [0.2, 0.25) is 0 Å². The molecule has 2 unspecified atom stereocenters. The minimum absolute atomic E-state index is 0.164. The zero-order valence-corrected chi connectivity index (χ0v) is 11.6. The molecule has 0 spiro atoms. The molecule has 19 heavy (non-hydrogen) atoms. The summed E-state index contributed by atoms with van der Waals surface area (Å²) in [5.41, 5.74) is 2.02. The fourth-order valence-corrected chi connectivity index (χ4v) is 3.34. The number of carbonyl (C=O) groups is 1. The molecule has 2 fully saturated rings. The number of ketones is 1. The van der Waals surface area contributed by atoms with E-state index in [-0.39, 0.29) is 5.92 Å². The standard InChI is InChI=1S/C16H21NO2/c1-11-4-3-5-12(6-11)16(18)13-7-14-9-19-10-15(8-13)17(14)2/h3-6,13-15H,7-10H2,1-2H3. The van der Waals surface area contributed by atoms with Gasteiger partial charge in [0.1, 0.15) is 0 Å². The number of ether oxygens (including phenoxy) is 1. The maximum atomic E-state index is 12.6. The summed E-state index contributed by atoms with van der Waals surface area (Å²) in [6.07, 6.45) is 1.86. The van der Waals surface area contributed by atoms with Crippen LogP contribution < -0.4 is 0 Å². The van der Waals surface area contributed by atoms with Gasteiger partial charge in [-0.3, -0.25) is 9.69 Å². The molecule has 0 saturated carbocycles. The van der Waals surface area contributed by atoms with Gasteiger partial charge in [-0.2, -0.15) is 0 Å². The predicted molar refractivity (Wildman–Crippen MR) is 74.4 cm³/mol. The van der Waals surface area contributed by atoms with Crippen molar-refractivity contribution in [2.75, 3.05) is 20.3 Å². The predicted octanol–water partition coefficient (Wildman–Crippen LogP) is 2.29. The number of hydrogen-bond donors (Lipinski definition) is 0. The molecule has 3 nitrogen and oxygen atoms in total. The highest BCUT2D eigenvalue weighted by Gasteiger charge is 2.39. The Balaban J connectivity index is 1.78. The topological polar surface area (TPSA) is 29.5 Å². The summed E-state index contributed by atoms with van der Waals surface area (Å²) in [5.74, 6) is 0.477. The first kappa shape index (κ1) is 12.8. The molecule has 2 bridgehead atoms. The van der Waals surface area contributed by atoms with Crippen LogP contribution in [0.25, 0.3) is 0 Å². The normalized spacial score (nSPS) is 31.2. The first-order chi connectivity index (χ1) is 9.15. The molecule has 0 N–H and O–H groups in total. The van der Waals surface area contributed by atoms with Gasteiger partial charge in [0.25, 0.3) is 0 Å². The minimum Gasteiger partial charge on any atom is -0.378 e. The van der Waals surface area contributed by atoms with E-state index < -0.39 is 0 Å². The second-order valence-electron chi connectivity index (χ2n) is 5.91. The summed E-state index contributed by atoms with van der Waals surface area (Å²) in [6.45, 7) is 3.57. The Kier molecular flexibility index (Phi) is 3.42. The molecule has 0 aliphatic carbocycles. The van der Waals surface area contributed by atoms with E-state index >= 15 is 0 Å². The van der Waals surface area contributed by atoms with Gasteiger partial charge in [0, 0.05) is 23.6 Å². The molecule has 2 atom stereocenters. The lowest BCUT2D eigenvalue weighted by molar-refractivity contribution is -0.0702. The zero-order chi connectivity index (χ0) is 13.4. The Morgan fingerprint density at radius 3 is 2.58 bits per heavy atom. The van der Waals surface area contributed by atoms with E-state index in [0.29, 0.717) is 17.9 Å². The van der Waals surface area contributed by atoms with Crippen molar-refractivity contribution in [3.63, 3.8) is 0 Å². The second-order valence-corrected chi connectivity index (χ2v) is 5.91. The SMILES string of the molecule is Cc1cccc(C(=O)C2CC3COCC(C2)N3C)c1. The second kappa shape index (κ2) is 5.06. The van der Waals surface area contributed by atoms with Crippen LogP contribution in [-0.4, -0.2) is 43.0 Å². The van der Waals surface area contributed by atoms with Crippen molar-refractivity contribution in [3.05, 3.63) is 35.4 Å².